The van der Waals surface area contributed by atoms with Gasteiger partial charge in [-0.15, -0.1) is 0 Å². The smallest absolute Gasteiger partial charge is 0.255 e. The number of rotatable bonds is 6. The van der Waals surface area contributed by atoms with E-state index in [1.54, 1.807) is 0 Å². The van der Waals surface area contributed by atoms with Gasteiger partial charge in [0.05, 0.1) is 6.54 Å². The molecule has 0 unspecified atom stereocenters. The van der Waals surface area contributed by atoms with Gasteiger partial charge in [0.25, 0.3) is 6.43 Å². The topological polar surface area (TPSA) is 29.3 Å². The van der Waals surface area contributed by atoms with Crippen LogP contribution in [0.5, 0.6) is 0 Å². The van der Waals surface area contributed by atoms with Crippen LogP contribution in [0.3, 0.4) is 0 Å². The van der Waals surface area contributed by atoms with Crippen LogP contribution in [-0.4, -0.2) is 26.1 Å². The van der Waals surface area contributed by atoms with Crippen molar-refractivity contribution in [2.45, 2.75) is 12.8 Å². The Kier molecular flexibility index (Phi) is 5.11. The highest BCUT2D eigenvalue weighted by Crippen LogP contribution is 2.16. The van der Waals surface area contributed by atoms with Crippen molar-refractivity contribution in [1.29, 1.82) is 0 Å². The summed E-state index contributed by atoms with van der Waals surface area (Å²) in [5.74, 6) is -0.375. The zero-order valence-corrected chi connectivity index (χ0v) is 8.87. The van der Waals surface area contributed by atoms with Crippen molar-refractivity contribution in [3.8, 4) is 0 Å². The van der Waals surface area contributed by atoms with E-state index in [2.05, 4.69) is 0 Å². The Bertz CT molecular complexity index is 301. The van der Waals surface area contributed by atoms with Crippen LogP contribution in [0.1, 0.15) is 6.42 Å². The summed E-state index contributed by atoms with van der Waals surface area (Å²) in [5.41, 5.74) is 5.93. The van der Waals surface area contributed by atoms with E-state index >= 15 is 0 Å². The molecule has 90 valence electrons. The maximum absolute atomic E-state index is 12.7. The standard InChI is InChI=1S/C11H15F3N2/c12-9-2-4-10(5-3-9)16(7-1-6-15)8-11(13)14/h2-5,11H,1,6-8,15H2. The van der Waals surface area contributed by atoms with Crippen molar-refractivity contribution >= 4 is 5.69 Å². The lowest BCUT2D eigenvalue weighted by Gasteiger charge is -2.24. The predicted octanol–water partition coefficient (Wildman–Crippen LogP) is 2.25. The largest absolute Gasteiger partial charge is 0.366 e. The van der Waals surface area contributed by atoms with Crippen LogP contribution < -0.4 is 10.6 Å². The molecule has 0 amide bonds. The van der Waals surface area contributed by atoms with Crippen molar-refractivity contribution in [3.05, 3.63) is 30.1 Å². The van der Waals surface area contributed by atoms with Crippen LogP contribution >= 0.6 is 0 Å². The zero-order chi connectivity index (χ0) is 12.0. The van der Waals surface area contributed by atoms with E-state index in [1.165, 1.54) is 29.2 Å². The molecule has 0 aliphatic rings. The highest BCUT2D eigenvalue weighted by Gasteiger charge is 2.12. The van der Waals surface area contributed by atoms with Crippen LogP contribution in [0.2, 0.25) is 0 Å². The van der Waals surface area contributed by atoms with Crippen molar-refractivity contribution in [2.24, 2.45) is 5.73 Å². The summed E-state index contributed by atoms with van der Waals surface area (Å²) in [4.78, 5) is 1.51. The van der Waals surface area contributed by atoms with Crippen molar-refractivity contribution in [1.82, 2.24) is 0 Å². The molecule has 2 nitrogen and oxygen atoms in total. The number of benzene rings is 1. The molecule has 2 N–H and O–H groups in total. The van der Waals surface area contributed by atoms with Gasteiger partial charge in [-0.25, -0.2) is 13.2 Å². The SMILES string of the molecule is NCCCN(CC(F)F)c1ccc(F)cc1. The Hall–Kier alpha value is -1.23. The van der Waals surface area contributed by atoms with Gasteiger partial charge in [-0.1, -0.05) is 0 Å². The van der Waals surface area contributed by atoms with Gasteiger partial charge in [0, 0.05) is 12.2 Å². The number of anilines is 1. The molecular weight excluding hydrogens is 217 g/mol. The Morgan fingerprint density at radius 3 is 2.31 bits per heavy atom. The quantitative estimate of drug-likeness (QED) is 0.815. The molecule has 0 aromatic heterocycles. The number of hydrogen-bond acceptors (Lipinski definition) is 2. The Morgan fingerprint density at radius 2 is 1.81 bits per heavy atom. The number of nitrogens with two attached hydrogens (primary N) is 1. The van der Waals surface area contributed by atoms with Gasteiger partial charge in [0.2, 0.25) is 0 Å². The Morgan fingerprint density at radius 1 is 1.19 bits per heavy atom. The fraction of sp³-hybridized carbons (Fsp3) is 0.455. The van der Waals surface area contributed by atoms with Crippen LogP contribution in [-0.2, 0) is 0 Å². The van der Waals surface area contributed by atoms with E-state index in [0.29, 0.717) is 25.2 Å². The lowest BCUT2D eigenvalue weighted by atomic mass is 10.2. The van der Waals surface area contributed by atoms with Gasteiger partial charge >= 0.3 is 0 Å². The number of alkyl halides is 2. The third-order valence-electron chi connectivity index (χ3n) is 2.18. The maximum Gasteiger partial charge on any atom is 0.255 e. The lowest BCUT2D eigenvalue weighted by molar-refractivity contribution is 0.154. The molecule has 0 atom stereocenters. The molecule has 0 radical (unpaired) electrons. The van der Waals surface area contributed by atoms with Gasteiger partial charge in [-0.2, -0.15) is 0 Å². The molecule has 0 saturated carbocycles. The van der Waals surface area contributed by atoms with Gasteiger partial charge in [-0.05, 0) is 37.2 Å². The number of hydrogen-bond donors (Lipinski definition) is 1. The molecule has 0 spiro atoms. The zero-order valence-electron chi connectivity index (χ0n) is 8.87. The highest BCUT2D eigenvalue weighted by molar-refractivity contribution is 5.46. The molecule has 0 bridgehead atoms. The minimum absolute atomic E-state index is 0.356. The molecule has 0 fully saturated rings. The first-order valence-electron chi connectivity index (χ1n) is 5.12. The Labute approximate surface area is 92.9 Å². The molecular formula is C11H15F3N2. The van der Waals surface area contributed by atoms with Crippen LogP contribution in [0.15, 0.2) is 24.3 Å². The van der Waals surface area contributed by atoms with Crippen molar-refractivity contribution in [2.75, 3.05) is 24.5 Å². The third-order valence-corrected chi connectivity index (χ3v) is 2.18. The predicted molar refractivity (Wildman–Crippen MR) is 58.3 cm³/mol. The fourth-order valence-corrected chi connectivity index (χ4v) is 1.43. The normalized spacial score (nSPS) is 10.8. The summed E-state index contributed by atoms with van der Waals surface area (Å²) >= 11 is 0. The first-order valence-corrected chi connectivity index (χ1v) is 5.12. The second-order valence-electron chi connectivity index (χ2n) is 3.46. The summed E-state index contributed by atoms with van der Waals surface area (Å²) in [5, 5.41) is 0. The molecule has 16 heavy (non-hydrogen) atoms. The van der Waals surface area contributed by atoms with Gasteiger partial charge in [-0.3, -0.25) is 0 Å². The molecule has 0 heterocycles. The minimum atomic E-state index is -2.41. The molecule has 0 saturated heterocycles. The van der Waals surface area contributed by atoms with Gasteiger partial charge in [0.15, 0.2) is 0 Å². The van der Waals surface area contributed by atoms with Crippen molar-refractivity contribution in [3.63, 3.8) is 0 Å². The van der Waals surface area contributed by atoms with E-state index in [1.807, 2.05) is 0 Å². The number of nitrogens with zero attached hydrogens (tertiary/aromatic N) is 1. The average molecular weight is 232 g/mol. The minimum Gasteiger partial charge on any atom is -0.366 e. The molecule has 1 rings (SSSR count). The van der Waals surface area contributed by atoms with Gasteiger partial charge in [0.1, 0.15) is 5.82 Å². The van der Waals surface area contributed by atoms with Gasteiger partial charge < -0.3 is 10.6 Å². The Balaban J connectivity index is 2.70. The monoisotopic (exact) mass is 232 g/mol. The van der Waals surface area contributed by atoms with E-state index in [0.717, 1.165) is 0 Å². The van der Waals surface area contributed by atoms with E-state index in [9.17, 15) is 13.2 Å². The summed E-state index contributed by atoms with van der Waals surface area (Å²) in [6, 6.07) is 5.51. The van der Waals surface area contributed by atoms with Crippen LogP contribution in [0, 0.1) is 5.82 Å². The molecule has 0 aliphatic carbocycles. The first kappa shape index (κ1) is 12.8. The van der Waals surface area contributed by atoms with Crippen molar-refractivity contribution < 1.29 is 13.2 Å². The second-order valence-corrected chi connectivity index (χ2v) is 3.46. The average Bonchev–Trinajstić information content (AvgIpc) is 2.25. The summed E-state index contributed by atoms with van der Waals surface area (Å²) < 4.78 is 37.3. The van der Waals surface area contributed by atoms with Crippen LogP contribution in [0.4, 0.5) is 18.9 Å². The molecule has 5 heteroatoms. The van der Waals surface area contributed by atoms with E-state index in [-0.39, 0.29) is 12.4 Å². The number of halogens is 3. The summed E-state index contributed by atoms with van der Waals surface area (Å²) in [6.07, 6.45) is -1.78. The lowest BCUT2D eigenvalue weighted by Crippen LogP contribution is -2.30. The highest BCUT2D eigenvalue weighted by atomic mass is 19.3. The fourth-order valence-electron chi connectivity index (χ4n) is 1.43. The second kappa shape index (κ2) is 6.37. The molecule has 0 aliphatic heterocycles. The maximum atomic E-state index is 12.7. The first-order chi connectivity index (χ1) is 7.63. The van der Waals surface area contributed by atoms with E-state index in [4.69, 9.17) is 5.73 Å². The molecule has 1 aromatic carbocycles. The van der Waals surface area contributed by atoms with E-state index < -0.39 is 6.43 Å². The third kappa shape index (κ3) is 4.10. The van der Waals surface area contributed by atoms with Crippen LogP contribution in [0.25, 0.3) is 0 Å². The summed E-state index contributed by atoms with van der Waals surface area (Å²) in [6.45, 7) is 0.541. The summed E-state index contributed by atoms with van der Waals surface area (Å²) in [7, 11) is 0. The molecule has 1 aromatic rings.